The molecule has 0 saturated heterocycles. The average Bonchev–Trinajstić information content (AvgIpc) is 3.00. The van der Waals surface area contributed by atoms with Crippen LogP contribution in [-0.4, -0.2) is 28.0 Å². The Morgan fingerprint density at radius 3 is 2.75 bits per heavy atom. The van der Waals surface area contributed by atoms with Crippen molar-refractivity contribution >= 4 is 22.9 Å². The Morgan fingerprint density at radius 1 is 1.45 bits per heavy atom. The zero-order chi connectivity index (χ0) is 14.7. The molecule has 2 N–H and O–H groups in total. The van der Waals surface area contributed by atoms with Crippen LogP contribution >= 0.6 is 22.9 Å². The summed E-state index contributed by atoms with van der Waals surface area (Å²) < 4.78 is 3.00. The van der Waals surface area contributed by atoms with Crippen molar-refractivity contribution in [1.29, 1.82) is 0 Å². The predicted molar refractivity (Wildman–Crippen MR) is 85.2 cm³/mol. The third-order valence-corrected chi connectivity index (χ3v) is 4.60. The quantitative estimate of drug-likeness (QED) is 0.890. The van der Waals surface area contributed by atoms with Gasteiger partial charge in [0.05, 0.1) is 22.4 Å². The zero-order valence-electron chi connectivity index (χ0n) is 12.1. The standard InChI is InChI=1S/C14H21ClN4S/c1-10(2)19-9-17-7-13(19)12(6-16)18(3)8-11-4-5-14(15)20-11/h4-5,7,9-10,12H,6,8,16H2,1-3H3. The SMILES string of the molecule is CC(C)n1cncc1C(CN)N(C)Cc1ccc(Cl)s1. The highest BCUT2D eigenvalue weighted by atomic mass is 35.5. The fourth-order valence-electron chi connectivity index (χ4n) is 2.32. The number of aromatic nitrogens is 2. The Labute approximate surface area is 129 Å². The van der Waals surface area contributed by atoms with Crippen LogP contribution in [0, 0.1) is 0 Å². The number of hydrogen-bond donors (Lipinski definition) is 1. The van der Waals surface area contributed by atoms with E-state index in [1.807, 2.05) is 18.6 Å². The molecule has 0 aliphatic heterocycles. The molecule has 0 aliphatic rings. The minimum atomic E-state index is 0.153. The Hall–Kier alpha value is -0.880. The lowest BCUT2D eigenvalue weighted by Crippen LogP contribution is -2.31. The van der Waals surface area contributed by atoms with E-state index in [0.29, 0.717) is 12.6 Å². The molecule has 1 unspecified atom stereocenters. The summed E-state index contributed by atoms with van der Waals surface area (Å²) >= 11 is 7.60. The smallest absolute Gasteiger partial charge is 0.0951 e. The van der Waals surface area contributed by atoms with Crippen molar-refractivity contribution in [2.24, 2.45) is 5.73 Å². The number of nitrogens with zero attached hydrogens (tertiary/aromatic N) is 3. The van der Waals surface area contributed by atoms with Crippen LogP contribution < -0.4 is 5.73 Å². The molecule has 0 spiro atoms. The Kier molecular flexibility index (Phi) is 5.21. The normalized spacial score (nSPS) is 13.3. The first-order valence-corrected chi connectivity index (χ1v) is 7.88. The first kappa shape index (κ1) is 15.5. The second kappa shape index (κ2) is 6.72. The molecular formula is C14H21ClN4S. The lowest BCUT2D eigenvalue weighted by atomic mass is 10.1. The van der Waals surface area contributed by atoms with Crippen molar-refractivity contribution in [1.82, 2.24) is 14.5 Å². The van der Waals surface area contributed by atoms with Gasteiger partial charge in [-0.3, -0.25) is 4.90 Å². The minimum Gasteiger partial charge on any atom is -0.331 e. The van der Waals surface area contributed by atoms with Gasteiger partial charge in [-0.05, 0) is 33.0 Å². The molecule has 0 fully saturated rings. The Morgan fingerprint density at radius 2 is 2.20 bits per heavy atom. The summed E-state index contributed by atoms with van der Waals surface area (Å²) in [4.78, 5) is 7.76. The molecule has 0 aromatic carbocycles. The largest absolute Gasteiger partial charge is 0.331 e. The number of thiophene rings is 1. The molecule has 0 aliphatic carbocycles. The van der Waals surface area contributed by atoms with Gasteiger partial charge in [0.15, 0.2) is 0 Å². The summed E-state index contributed by atoms with van der Waals surface area (Å²) in [6.45, 7) is 5.70. The fourth-order valence-corrected chi connectivity index (χ4v) is 3.47. The van der Waals surface area contributed by atoms with E-state index in [9.17, 15) is 0 Å². The van der Waals surface area contributed by atoms with Crippen LogP contribution in [0.15, 0.2) is 24.7 Å². The van der Waals surface area contributed by atoms with Crippen LogP contribution in [0.2, 0.25) is 4.34 Å². The van der Waals surface area contributed by atoms with Gasteiger partial charge < -0.3 is 10.3 Å². The molecule has 0 saturated carbocycles. The molecule has 1 atom stereocenters. The van der Waals surface area contributed by atoms with E-state index in [-0.39, 0.29) is 6.04 Å². The Bertz CT molecular complexity index is 549. The van der Waals surface area contributed by atoms with E-state index in [1.54, 1.807) is 11.3 Å². The number of hydrogen-bond acceptors (Lipinski definition) is 4. The highest BCUT2D eigenvalue weighted by Gasteiger charge is 2.21. The second-order valence-corrected chi connectivity index (χ2v) is 6.99. The van der Waals surface area contributed by atoms with Gasteiger partial charge in [-0.1, -0.05) is 11.6 Å². The molecule has 2 heterocycles. The van der Waals surface area contributed by atoms with Gasteiger partial charge >= 0.3 is 0 Å². The van der Waals surface area contributed by atoms with Crippen LogP contribution in [0.25, 0.3) is 0 Å². The summed E-state index contributed by atoms with van der Waals surface area (Å²) in [6.07, 6.45) is 3.79. The minimum absolute atomic E-state index is 0.153. The summed E-state index contributed by atoms with van der Waals surface area (Å²) in [6, 6.07) is 4.54. The molecule has 4 nitrogen and oxygen atoms in total. The third kappa shape index (κ3) is 3.41. The van der Waals surface area contributed by atoms with Crippen LogP contribution in [0.4, 0.5) is 0 Å². The summed E-state index contributed by atoms with van der Waals surface area (Å²) in [5, 5.41) is 0. The van der Waals surface area contributed by atoms with Crippen LogP contribution in [-0.2, 0) is 6.54 Å². The van der Waals surface area contributed by atoms with Crippen molar-refractivity contribution in [3.63, 3.8) is 0 Å². The fraction of sp³-hybridized carbons (Fsp3) is 0.500. The van der Waals surface area contributed by atoms with Crippen molar-refractivity contribution < 1.29 is 0 Å². The molecule has 110 valence electrons. The molecule has 20 heavy (non-hydrogen) atoms. The highest BCUT2D eigenvalue weighted by molar-refractivity contribution is 7.16. The van der Waals surface area contributed by atoms with Crippen molar-refractivity contribution in [2.45, 2.75) is 32.5 Å². The monoisotopic (exact) mass is 312 g/mol. The van der Waals surface area contributed by atoms with Gasteiger partial charge in [0.2, 0.25) is 0 Å². The maximum Gasteiger partial charge on any atom is 0.0951 e. The van der Waals surface area contributed by atoms with E-state index >= 15 is 0 Å². The van der Waals surface area contributed by atoms with E-state index < -0.39 is 0 Å². The van der Waals surface area contributed by atoms with Gasteiger partial charge in [0, 0.05) is 30.2 Å². The third-order valence-electron chi connectivity index (χ3n) is 3.38. The summed E-state index contributed by atoms with van der Waals surface area (Å²) in [5.74, 6) is 0. The van der Waals surface area contributed by atoms with E-state index in [0.717, 1.165) is 16.6 Å². The average molecular weight is 313 g/mol. The summed E-state index contributed by atoms with van der Waals surface area (Å²) in [7, 11) is 2.09. The van der Waals surface area contributed by atoms with E-state index in [1.165, 1.54) is 4.88 Å². The predicted octanol–water partition coefficient (Wildman–Crippen LogP) is 3.31. The molecular weight excluding hydrogens is 292 g/mol. The van der Waals surface area contributed by atoms with Gasteiger partial charge in [-0.25, -0.2) is 4.98 Å². The molecule has 2 aromatic heterocycles. The lowest BCUT2D eigenvalue weighted by Gasteiger charge is -2.28. The maximum atomic E-state index is 5.99. The highest BCUT2D eigenvalue weighted by Crippen LogP contribution is 2.26. The topological polar surface area (TPSA) is 47.1 Å². The second-order valence-electron chi connectivity index (χ2n) is 5.19. The van der Waals surface area contributed by atoms with Crippen molar-refractivity contribution in [2.75, 3.05) is 13.6 Å². The zero-order valence-corrected chi connectivity index (χ0v) is 13.7. The number of rotatable bonds is 6. The molecule has 6 heteroatoms. The van der Waals surface area contributed by atoms with Gasteiger partial charge in [0.25, 0.3) is 0 Å². The molecule has 2 aromatic rings. The van der Waals surface area contributed by atoms with Gasteiger partial charge in [-0.15, -0.1) is 11.3 Å². The van der Waals surface area contributed by atoms with Crippen LogP contribution in [0.5, 0.6) is 0 Å². The molecule has 0 amide bonds. The van der Waals surface area contributed by atoms with Gasteiger partial charge in [-0.2, -0.15) is 0 Å². The molecule has 0 bridgehead atoms. The van der Waals surface area contributed by atoms with Crippen LogP contribution in [0.1, 0.15) is 36.5 Å². The van der Waals surface area contributed by atoms with E-state index in [4.69, 9.17) is 17.3 Å². The number of imidazole rings is 1. The number of likely N-dealkylation sites (N-methyl/N-ethyl adjacent to an activating group) is 1. The first-order valence-electron chi connectivity index (χ1n) is 6.69. The first-order chi connectivity index (χ1) is 9.52. The number of nitrogens with two attached hydrogens (primary N) is 1. The van der Waals surface area contributed by atoms with Gasteiger partial charge in [0.1, 0.15) is 0 Å². The molecule has 0 radical (unpaired) electrons. The van der Waals surface area contributed by atoms with E-state index in [2.05, 4.69) is 41.4 Å². The molecule has 2 rings (SSSR count). The number of halogens is 1. The van der Waals surface area contributed by atoms with Crippen molar-refractivity contribution in [3.05, 3.63) is 39.6 Å². The Balaban J connectivity index is 2.16. The maximum absolute atomic E-state index is 5.99. The van der Waals surface area contributed by atoms with Crippen LogP contribution in [0.3, 0.4) is 0 Å². The lowest BCUT2D eigenvalue weighted by molar-refractivity contribution is 0.232. The van der Waals surface area contributed by atoms with Crippen molar-refractivity contribution in [3.8, 4) is 0 Å². The summed E-state index contributed by atoms with van der Waals surface area (Å²) in [5.41, 5.74) is 7.15.